The summed E-state index contributed by atoms with van der Waals surface area (Å²) in [7, 11) is 1.66. The van der Waals surface area contributed by atoms with Crippen molar-refractivity contribution in [2.75, 3.05) is 20.1 Å². The first-order chi connectivity index (χ1) is 8.52. The number of benzene rings is 1. The molecule has 1 aromatic carbocycles. The first kappa shape index (κ1) is 14.1. The van der Waals surface area contributed by atoms with Crippen LogP contribution in [0.15, 0.2) is 18.2 Å². The molecule has 0 spiro atoms. The molecule has 0 fully saturated rings. The largest absolute Gasteiger partial charge is 0.344 e. The molecule has 0 aliphatic carbocycles. The maximum atomic E-state index is 13.4. The number of amides is 1. The first-order valence-corrected chi connectivity index (χ1v) is 5.35. The molecule has 0 aromatic heterocycles. The van der Waals surface area contributed by atoms with Crippen molar-refractivity contribution in [2.24, 2.45) is 0 Å². The lowest BCUT2D eigenvalue weighted by molar-refractivity contribution is -0.121. The maximum absolute atomic E-state index is 13.4. The van der Waals surface area contributed by atoms with Crippen LogP contribution in [-0.4, -0.2) is 30.9 Å². The minimum Gasteiger partial charge on any atom is -0.344 e. The van der Waals surface area contributed by atoms with Gasteiger partial charge in [-0.25, -0.2) is 8.78 Å². The normalized spacial score (nSPS) is 10.2. The molecule has 0 aliphatic rings. The van der Waals surface area contributed by atoms with Gasteiger partial charge in [0.15, 0.2) is 0 Å². The molecule has 0 radical (unpaired) electrons. The minimum absolute atomic E-state index is 0.0957. The Balaban J connectivity index is 2.52. The second-order valence-electron chi connectivity index (χ2n) is 3.89. The quantitative estimate of drug-likeness (QED) is 0.797. The third-order valence-electron chi connectivity index (χ3n) is 2.26. The number of rotatable bonds is 5. The van der Waals surface area contributed by atoms with Gasteiger partial charge in [-0.3, -0.25) is 9.69 Å². The van der Waals surface area contributed by atoms with E-state index in [1.54, 1.807) is 11.9 Å². The highest BCUT2D eigenvalue weighted by Crippen LogP contribution is 2.11. The molecule has 5 heteroatoms. The zero-order valence-electron chi connectivity index (χ0n) is 10.0. The lowest BCUT2D eigenvalue weighted by Gasteiger charge is -2.16. The molecule has 1 aromatic rings. The third-order valence-corrected chi connectivity index (χ3v) is 2.26. The van der Waals surface area contributed by atoms with E-state index in [0.29, 0.717) is 5.56 Å². The van der Waals surface area contributed by atoms with Crippen LogP contribution in [0, 0.1) is 24.0 Å². The summed E-state index contributed by atoms with van der Waals surface area (Å²) < 4.78 is 26.1. The van der Waals surface area contributed by atoms with Gasteiger partial charge in [0, 0.05) is 18.2 Å². The van der Waals surface area contributed by atoms with E-state index < -0.39 is 11.6 Å². The van der Waals surface area contributed by atoms with E-state index in [0.717, 1.165) is 6.07 Å². The summed E-state index contributed by atoms with van der Waals surface area (Å²) >= 11 is 0. The summed E-state index contributed by atoms with van der Waals surface area (Å²) in [6.45, 7) is 0.478. The van der Waals surface area contributed by atoms with Crippen LogP contribution in [0.25, 0.3) is 0 Å². The number of hydrogen-bond donors (Lipinski definition) is 1. The van der Waals surface area contributed by atoms with Gasteiger partial charge in [-0.15, -0.1) is 6.42 Å². The van der Waals surface area contributed by atoms with Crippen molar-refractivity contribution in [3.05, 3.63) is 35.4 Å². The molecule has 0 bridgehead atoms. The van der Waals surface area contributed by atoms with Crippen LogP contribution in [0.2, 0.25) is 0 Å². The summed E-state index contributed by atoms with van der Waals surface area (Å²) in [5.41, 5.74) is 0.337. The Morgan fingerprint density at radius 2 is 2.22 bits per heavy atom. The van der Waals surface area contributed by atoms with Crippen LogP contribution < -0.4 is 5.32 Å². The first-order valence-electron chi connectivity index (χ1n) is 5.35. The van der Waals surface area contributed by atoms with Crippen molar-refractivity contribution < 1.29 is 13.6 Å². The average Bonchev–Trinajstić information content (AvgIpc) is 2.30. The Hall–Kier alpha value is -1.93. The molecule has 0 atom stereocenters. The summed E-state index contributed by atoms with van der Waals surface area (Å²) in [6.07, 6.45) is 5.00. The smallest absolute Gasteiger partial charge is 0.234 e. The number of nitrogens with zero attached hydrogens (tertiary/aromatic N) is 1. The summed E-state index contributed by atoms with van der Waals surface area (Å²) in [4.78, 5) is 13.0. The van der Waals surface area contributed by atoms with Gasteiger partial charge in [0.2, 0.25) is 5.91 Å². The Labute approximate surface area is 105 Å². The molecule has 0 unspecified atom stereocenters. The predicted octanol–water partition coefficient (Wildman–Crippen LogP) is 1.15. The molecular weight excluding hydrogens is 238 g/mol. The van der Waals surface area contributed by atoms with Gasteiger partial charge in [0.25, 0.3) is 0 Å². The number of carbonyl (C=O) groups excluding carboxylic acids is 1. The van der Waals surface area contributed by atoms with Crippen LogP contribution in [0.1, 0.15) is 5.56 Å². The van der Waals surface area contributed by atoms with E-state index in [2.05, 4.69) is 11.2 Å². The molecule has 0 saturated carbocycles. The fourth-order valence-electron chi connectivity index (χ4n) is 1.45. The molecule has 0 aliphatic heterocycles. The Bertz CT molecular complexity index is 469. The van der Waals surface area contributed by atoms with Crippen LogP contribution in [0.3, 0.4) is 0 Å². The molecule has 1 N–H and O–H groups in total. The monoisotopic (exact) mass is 252 g/mol. The van der Waals surface area contributed by atoms with Crippen molar-refractivity contribution in [1.29, 1.82) is 0 Å². The number of terminal acetylenes is 1. The molecule has 1 amide bonds. The Morgan fingerprint density at radius 3 is 2.83 bits per heavy atom. The van der Waals surface area contributed by atoms with E-state index in [1.165, 1.54) is 12.1 Å². The van der Waals surface area contributed by atoms with Crippen molar-refractivity contribution in [1.82, 2.24) is 10.2 Å². The number of hydrogen-bond acceptors (Lipinski definition) is 2. The van der Waals surface area contributed by atoms with Gasteiger partial charge in [0.1, 0.15) is 11.6 Å². The lowest BCUT2D eigenvalue weighted by Crippen LogP contribution is -2.35. The topological polar surface area (TPSA) is 32.3 Å². The molecule has 3 nitrogen and oxygen atoms in total. The summed E-state index contributed by atoms with van der Waals surface area (Å²) in [5, 5.41) is 2.50. The standard InChI is InChI=1S/C13H14F2N2O/c1-3-6-16-13(18)9-17(2)8-10-4-5-11(14)7-12(10)15/h1,4-5,7H,6,8-9H2,2H3,(H,16,18). The highest BCUT2D eigenvalue weighted by Gasteiger charge is 2.09. The fraction of sp³-hybridized carbons (Fsp3) is 0.308. The van der Waals surface area contributed by atoms with Crippen LogP contribution in [0.5, 0.6) is 0 Å². The number of nitrogens with one attached hydrogen (secondary N) is 1. The fourth-order valence-corrected chi connectivity index (χ4v) is 1.45. The molecule has 96 valence electrons. The highest BCUT2D eigenvalue weighted by molar-refractivity contribution is 5.78. The zero-order chi connectivity index (χ0) is 13.5. The van der Waals surface area contributed by atoms with E-state index in [-0.39, 0.29) is 25.5 Å². The number of likely N-dealkylation sites (N-methyl/N-ethyl adjacent to an activating group) is 1. The van der Waals surface area contributed by atoms with E-state index in [9.17, 15) is 13.6 Å². The summed E-state index contributed by atoms with van der Waals surface area (Å²) in [6, 6.07) is 3.37. The van der Waals surface area contributed by atoms with Gasteiger partial charge in [-0.1, -0.05) is 12.0 Å². The van der Waals surface area contributed by atoms with E-state index >= 15 is 0 Å². The van der Waals surface area contributed by atoms with Crippen LogP contribution >= 0.6 is 0 Å². The van der Waals surface area contributed by atoms with Gasteiger partial charge in [0.05, 0.1) is 13.1 Å². The van der Waals surface area contributed by atoms with E-state index in [4.69, 9.17) is 6.42 Å². The van der Waals surface area contributed by atoms with E-state index in [1.807, 2.05) is 0 Å². The third kappa shape index (κ3) is 4.52. The number of carbonyl (C=O) groups is 1. The van der Waals surface area contributed by atoms with Gasteiger partial charge in [-0.05, 0) is 13.1 Å². The van der Waals surface area contributed by atoms with Crippen LogP contribution in [0.4, 0.5) is 8.78 Å². The average molecular weight is 252 g/mol. The van der Waals surface area contributed by atoms with Gasteiger partial charge >= 0.3 is 0 Å². The van der Waals surface area contributed by atoms with Crippen molar-refractivity contribution in [3.8, 4) is 12.3 Å². The molecule has 1 rings (SSSR count). The highest BCUT2D eigenvalue weighted by atomic mass is 19.1. The van der Waals surface area contributed by atoms with Crippen molar-refractivity contribution in [3.63, 3.8) is 0 Å². The predicted molar refractivity (Wildman–Crippen MR) is 64.5 cm³/mol. The van der Waals surface area contributed by atoms with Crippen LogP contribution in [-0.2, 0) is 11.3 Å². The van der Waals surface area contributed by atoms with Crippen molar-refractivity contribution in [2.45, 2.75) is 6.54 Å². The molecule has 0 heterocycles. The molecule has 18 heavy (non-hydrogen) atoms. The van der Waals surface area contributed by atoms with Gasteiger partial charge in [-0.2, -0.15) is 0 Å². The zero-order valence-corrected chi connectivity index (χ0v) is 10.0. The van der Waals surface area contributed by atoms with Gasteiger partial charge < -0.3 is 5.32 Å². The number of halogens is 2. The van der Waals surface area contributed by atoms with Crippen molar-refractivity contribution >= 4 is 5.91 Å². The second-order valence-corrected chi connectivity index (χ2v) is 3.89. The summed E-state index contributed by atoms with van der Waals surface area (Å²) in [5.74, 6) is 0.807. The maximum Gasteiger partial charge on any atom is 0.234 e. The molecular formula is C13H14F2N2O. The lowest BCUT2D eigenvalue weighted by atomic mass is 10.2. The Kier molecular flexibility index (Phi) is 5.28. The minimum atomic E-state index is -0.620. The second kappa shape index (κ2) is 6.72. The molecule has 0 saturated heterocycles. The SMILES string of the molecule is C#CCNC(=O)CN(C)Cc1ccc(F)cc1F. The Morgan fingerprint density at radius 1 is 1.50 bits per heavy atom.